The van der Waals surface area contributed by atoms with Gasteiger partial charge in [-0.25, -0.2) is 4.98 Å². The molecule has 1 amide bonds. The van der Waals surface area contributed by atoms with Crippen LogP contribution in [0.5, 0.6) is 0 Å². The van der Waals surface area contributed by atoms with Gasteiger partial charge < -0.3 is 10.2 Å². The Hall–Kier alpha value is -2.85. The number of hydrogen-bond acceptors (Lipinski definition) is 3. The molecule has 0 bridgehead atoms. The average molecular weight is 392 g/mol. The zero-order valence-corrected chi connectivity index (χ0v) is 16.4. The van der Waals surface area contributed by atoms with Crippen LogP contribution in [0.25, 0.3) is 11.6 Å². The van der Waals surface area contributed by atoms with Crippen molar-refractivity contribution in [3.05, 3.63) is 82.7 Å². The molecule has 0 saturated carbocycles. The Bertz CT molecular complexity index is 993. The van der Waals surface area contributed by atoms with Gasteiger partial charge in [-0.15, -0.1) is 0 Å². The minimum Gasteiger partial charge on any atom is -0.368 e. The number of pyridine rings is 1. The Labute approximate surface area is 170 Å². The van der Waals surface area contributed by atoms with Crippen LogP contribution in [0.3, 0.4) is 0 Å². The van der Waals surface area contributed by atoms with E-state index in [0.29, 0.717) is 12.2 Å². The van der Waals surface area contributed by atoms with E-state index in [-0.39, 0.29) is 5.91 Å². The van der Waals surface area contributed by atoms with Crippen molar-refractivity contribution in [2.75, 3.05) is 18.4 Å². The van der Waals surface area contributed by atoms with E-state index in [4.69, 9.17) is 11.6 Å². The summed E-state index contributed by atoms with van der Waals surface area (Å²) in [5.41, 5.74) is 5.48. The molecule has 0 fully saturated rings. The van der Waals surface area contributed by atoms with Crippen molar-refractivity contribution in [1.29, 1.82) is 0 Å². The van der Waals surface area contributed by atoms with Crippen molar-refractivity contribution >= 4 is 35.0 Å². The number of carbonyl (C=O) groups excluding carboxylic acids is 1. The lowest BCUT2D eigenvalue weighted by Crippen LogP contribution is -2.26. The summed E-state index contributed by atoms with van der Waals surface area (Å²) in [6.45, 7) is 5.94. The van der Waals surface area contributed by atoms with Crippen LogP contribution in [0.1, 0.15) is 29.5 Å². The number of nitrogens with zero attached hydrogens (tertiary/aromatic N) is 2. The molecule has 1 aromatic carbocycles. The molecule has 2 aliphatic heterocycles. The molecular formula is C23H22ClN3O. The molecule has 0 aliphatic carbocycles. The second-order valence-corrected chi connectivity index (χ2v) is 7.46. The van der Waals surface area contributed by atoms with Gasteiger partial charge >= 0.3 is 0 Å². The highest BCUT2D eigenvalue weighted by Crippen LogP contribution is 2.29. The molecule has 0 spiro atoms. The van der Waals surface area contributed by atoms with Gasteiger partial charge in [-0.2, -0.15) is 0 Å². The van der Waals surface area contributed by atoms with Crippen LogP contribution in [0.4, 0.5) is 5.82 Å². The molecule has 0 saturated heterocycles. The standard InChI is InChI=1S/C23H22ClN3O/c1-16(6-7-17-14-19-8-9-22(28)26-23(19)25-15-17)27-12-10-18(11-13-27)20-4-2-3-5-21(20)24/h2-7,10,14-15H,1,8-9,11-13H2,(H,25,26,28)/b7-6+. The van der Waals surface area contributed by atoms with Gasteiger partial charge in [0.05, 0.1) is 0 Å². The van der Waals surface area contributed by atoms with E-state index in [0.717, 1.165) is 53.3 Å². The highest BCUT2D eigenvalue weighted by Gasteiger charge is 2.16. The zero-order chi connectivity index (χ0) is 19.5. The first-order chi connectivity index (χ1) is 13.6. The van der Waals surface area contributed by atoms with Crippen LogP contribution in [0.15, 0.2) is 61.0 Å². The minimum atomic E-state index is 0.0333. The first-order valence-corrected chi connectivity index (χ1v) is 9.82. The van der Waals surface area contributed by atoms with Gasteiger partial charge in [-0.05, 0) is 53.3 Å². The number of nitrogens with one attached hydrogen (secondary N) is 1. The van der Waals surface area contributed by atoms with E-state index < -0.39 is 0 Å². The predicted octanol–water partition coefficient (Wildman–Crippen LogP) is 4.94. The first kappa shape index (κ1) is 18.5. The monoisotopic (exact) mass is 391 g/mol. The quantitative estimate of drug-likeness (QED) is 0.751. The SMILES string of the molecule is C=C(/C=C/c1cnc2c(c1)CCC(=O)N2)N1CC=C(c2ccccc2Cl)CC1. The summed E-state index contributed by atoms with van der Waals surface area (Å²) < 4.78 is 0. The van der Waals surface area contributed by atoms with Crippen molar-refractivity contribution in [2.45, 2.75) is 19.3 Å². The van der Waals surface area contributed by atoms with Gasteiger partial charge in [0.25, 0.3) is 0 Å². The zero-order valence-electron chi connectivity index (χ0n) is 15.6. The number of benzene rings is 1. The van der Waals surface area contributed by atoms with Crippen LogP contribution in [0, 0.1) is 0 Å². The smallest absolute Gasteiger partial charge is 0.225 e. The Balaban J connectivity index is 1.41. The van der Waals surface area contributed by atoms with Gasteiger partial charge in [0.15, 0.2) is 0 Å². The van der Waals surface area contributed by atoms with Gasteiger partial charge in [-0.3, -0.25) is 4.79 Å². The Morgan fingerprint density at radius 3 is 2.89 bits per heavy atom. The summed E-state index contributed by atoms with van der Waals surface area (Å²) in [5.74, 6) is 0.714. The summed E-state index contributed by atoms with van der Waals surface area (Å²) in [7, 11) is 0. The number of halogens is 1. The van der Waals surface area contributed by atoms with E-state index in [1.807, 2.05) is 30.4 Å². The van der Waals surface area contributed by atoms with Crippen molar-refractivity contribution in [1.82, 2.24) is 9.88 Å². The minimum absolute atomic E-state index is 0.0333. The Morgan fingerprint density at radius 1 is 1.25 bits per heavy atom. The van der Waals surface area contributed by atoms with Crippen molar-refractivity contribution in [3.8, 4) is 0 Å². The fraction of sp³-hybridized carbons (Fsp3) is 0.217. The lowest BCUT2D eigenvalue weighted by molar-refractivity contribution is -0.116. The molecule has 3 heterocycles. The second kappa shape index (κ2) is 8.03. The van der Waals surface area contributed by atoms with Gasteiger partial charge in [0.2, 0.25) is 5.91 Å². The van der Waals surface area contributed by atoms with E-state index in [1.54, 1.807) is 6.20 Å². The van der Waals surface area contributed by atoms with Crippen LogP contribution in [-0.2, 0) is 11.2 Å². The molecule has 4 rings (SSSR count). The number of hydrogen-bond donors (Lipinski definition) is 1. The summed E-state index contributed by atoms with van der Waals surface area (Å²) in [5, 5.41) is 3.61. The van der Waals surface area contributed by atoms with E-state index in [1.165, 1.54) is 5.57 Å². The summed E-state index contributed by atoms with van der Waals surface area (Å²) in [4.78, 5) is 18.1. The number of carbonyl (C=O) groups is 1. The molecule has 28 heavy (non-hydrogen) atoms. The number of anilines is 1. The van der Waals surface area contributed by atoms with Crippen LogP contribution >= 0.6 is 11.6 Å². The molecule has 0 atom stereocenters. The number of amides is 1. The number of allylic oxidation sites excluding steroid dienone is 1. The van der Waals surface area contributed by atoms with Gasteiger partial charge in [0.1, 0.15) is 5.82 Å². The molecule has 1 N–H and O–H groups in total. The number of fused-ring (bicyclic) bond motifs is 1. The molecule has 0 unspecified atom stereocenters. The third-order valence-electron chi connectivity index (χ3n) is 5.17. The maximum Gasteiger partial charge on any atom is 0.225 e. The summed E-state index contributed by atoms with van der Waals surface area (Å²) in [6.07, 6.45) is 10.3. The predicted molar refractivity (Wildman–Crippen MR) is 115 cm³/mol. The van der Waals surface area contributed by atoms with E-state index in [9.17, 15) is 4.79 Å². The maximum atomic E-state index is 11.4. The van der Waals surface area contributed by atoms with Gasteiger partial charge in [0, 0.05) is 36.4 Å². The highest BCUT2D eigenvalue weighted by molar-refractivity contribution is 6.32. The lowest BCUT2D eigenvalue weighted by atomic mass is 9.99. The van der Waals surface area contributed by atoms with Crippen LogP contribution in [0.2, 0.25) is 5.02 Å². The second-order valence-electron chi connectivity index (χ2n) is 7.05. The van der Waals surface area contributed by atoms with Gasteiger partial charge in [-0.1, -0.05) is 48.5 Å². The summed E-state index contributed by atoms with van der Waals surface area (Å²) >= 11 is 6.32. The molecule has 0 radical (unpaired) electrons. The third-order valence-corrected chi connectivity index (χ3v) is 5.50. The highest BCUT2D eigenvalue weighted by atomic mass is 35.5. The maximum absolute atomic E-state index is 11.4. The van der Waals surface area contributed by atoms with Crippen molar-refractivity contribution in [3.63, 3.8) is 0 Å². The van der Waals surface area contributed by atoms with E-state index >= 15 is 0 Å². The molecular weight excluding hydrogens is 370 g/mol. The van der Waals surface area contributed by atoms with Crippen molar-refractivity contribution < 1.29 is 4.79 Å². The average Bonchev–Trinajstić information content (AvgIpc) is 2.72. The Kier molecular flexibility index (Phi) is 5.31. The number of aromatic nitrogens is 1. The number of aryl methyl sites for hydroxylation is 1. The van der Waals surface area contributed by atoms with Crippen LogP contribution in [-0.4, -0.2) is 28.9 Å². The fourth-order valence-electron chi connectivity index (χ4n) is 3.56. The third kappa shape index (κ3) is 4.02. The number of rotatable bonds is 4. The van der Waals surface area contributed by atoms with Crippen molar-refractivity contribution in [2.24, 2.45) is 0 Å². The normalized spacial score (nSPS) is 16.5. The summed E-state index contributed by atoms with van der Waals surface area (Å²) in [6, 6.07) is 10.1. The lowest BCUT2D eigenvalue weighted by Gasteiger charge is -2.29. The molecule has 5 heteroatoms. The molecule has 2 aromatic rings. The molecule has 1 aromatic heterocycles. The largest absolute Gasteiger partial charge is 0.368 e. The molecule has 4 nitrogen and oxygen atoms in total. The molecule has 2 aliphatic rings. The fourth-order valence-corrected chi connectivity index (χ4v) is 3.82. The van der Waals surface area contributed by atoms with E-state index in [2.05, 4.69) is 40.0 Å². The van der Waals surface area contributed by atoms with Crippen LogP contribution < -0.4 is 5.32 Å². The molecule has 142 valence electrons. The first-order valence-electron chi connectivity index (χ1n) is 9.45. The Morgan fingerprint density at radius 2 is 2.11 bits per heavy atom. The topological polar surface area (TPSA) is 45.2 Å².